The van der Waals surface area contributed by atoms with Crippen LogP contribution in [0.25, 0.3) is 10.9 Å². The number of carbonyl (C=O) groups is 1. The van der Waals surface area contributed by atoms with Crippen molar-refractivity contribution in [2.75, 3.05) is 18.4 Å². The number of benzene rings is 1. The van der Waals surface area contributed by atoms with Gasteiger partial charge in [-0.1, -0.05) is 0 Å². The Morgan fingerprint density at radius 3 is 2.81 bits per heavy atom. The standard InChI is InChI=1S/C15H17N3O3/c19-13-2-1-11(15(20)21)12-7-10(8-17-14(12)13)18-9-3-5-16-6-4-9/h1-2,7-9,16,18-19H,3-6H2,(H,20,21). The number of carboxylic acid groups (broad SMARTS) is 1. The second-order valence-electron chi connectivity index (χ2n) is 5.23. The van der Waals surface area contributed by atoms with E-state index in [2.05, 4.69) is 15.6 Å². The molecule has 0 amide bonds. The first-order chi connectivity index (χ1) is 10.1. The number of nitrogens with one attached hydrogen (secondary N) is 2. The fourth-order valence-corrected chi connectivity index (χ4v) is 2.67. The molecule has 2 heterocycles. The van der Waals surface area contributed by atoms with E-state index < -0.39 is 5.97 Å². The van der Waals surface area contributed by atoms with E-state index in [4.69, 9.17) is 0 Å². The highest BCUT2D eigenvalue weighted by molar-refractivity contribution is 6.05. The Hall–Kier alpha value is -2.34. The molecule has 1 aromatic carbocycles. The highest BCUT2D eigenvalue weighted by atomic mass is 16.4. The number of rotatable bonds is 3. The molecule has 2 aromatic rings. The SMILES string of the molecule is O=C(O)c1ccc(O)c2ncc(NC3CCNCC3)cc12. The summed E-state index contributed by atoms with van der Waals surface area (Å²) in [6, 6.07) is 4.86. The van der Waals surface area contributed by atoms with Crippen LogP contribution in [0.15, 0.2) is 24.4 Å². The van der Waals surface area contributed by atoms with Crippen molar-refractivity contribution in [1.82, 2.24) is 10.3 Å². The van der Waals surface area contributed by atoms with Crippen molar-refractivity contribution in [2.45, 2.75) is 18.9 Å². The third-order valence-electron chi connectivity index (χ3n) is 3.77. The van der Waals surface area contributed by atoms with Gasteiger partial charge in [-0.25, -0.2) is 4.79 Å². The fourth-order valence-electron chi connectivity index (χ4n) is 2.67. The molecule has 21 heavy (non-hydrogen) atoms. The van der Waals surface area contributed by atoms with E-state index in [1.807, 2.05) is 0 Å². The summed E-state index contributed by atoms with van der Waals surface area (Å²) < 4.78 is 0. The summed E-state index contributed by atoms with van der Waals surface area (Å²) >= 11 is 0. The van der Waals surface area contributed by atoms with Crippen molar-refractivity contribution in [2.24, 2.45) is 0 Å². The van der Waals surface area contributed by atoms with Crippen LogP contribution < -0.4 is 10.6 Å². The van der Waals surface area contributed by atoms with Gasteiger partial charge in [0.2, 0.25) is 0 Å². The van der Waals surface area contributed by atoms with Crippen LogP contribution in [-0.2, 0) is 0 Å². The molecule has 0 unspecified atom stereocenters. The van der Waals surface area contributed by atoms with Crippen molar-refractivity contribution in [3.05, 3.63) is 30.0 Å². The number of pyridine rings is 1. The smallest absolute Gasteiger partial charge is 0.336 e. The number of aromatic carboxylic acids is 1. The highest BCUT2D eigenvalue weighted by Gasteiger charge is 2.15. The summed E-state index contributed by atoms with van der Waals surface area (Å²) in [4.78, 5) is 15.5. The van der Waals surface area contributed by atoms with E-state index in [1.54, 1.807) is 12.3 Å². The Kier molecular flexibility index (Phi) is 3.62. The number of aromatic nitrogens is 1. The molecule has 0 bridgehead atoms. The van der Waals surface area contributed by atoms with Gasteiger partial charge in [0.15, 0.2) is 0 Å². The normalized spacial score (nSPS) is 16.0. The van der Waals surface area contributed by atoms with E-state index in [0.29, 0.717) is 16.9 Å². The number of phenols is 1. The lowest BCUT2D eigenvalue weighted by molar-refractivity contribution is 0.0699. The van der Waals surface area contributed by atoms with E-state index >= 15 is 0 Å². The summed E-state index contributed by atoms with van der Waals surface area (Å²) in [6.45, 7) is 1.94. The number of nitrogens with zero attached hydrogens (tertiary/aromatic N) is 1. The zero-order chi connectivity index (χ0) is 14.8. The summed E-state index contributed by atoms with van der Waals surface area (Å²) in [5.41, 5.74) is 1.23. The molecule has 0 aliphatic carbocycles. The topological polar surface area (TPSA) is 94.5 Å². The van der Waals surface area contributed by atoms with Crippen LogP contribution in [0.1, 0.15) is 23.2 Å². The minimum absolute atomic E-state index is 0.0107. The number of aromatic hydroxyl groups is 1. The molecule has 3 rings (SSSR count). The Bertz CT molecular complexity index is 681. The van der Waals surface area contributed by atoms with Crippen LogP contribution in [0.4, 0.5) is 5.69 Å². The Morgan fingerprint density at radius 1 is 1.33 bits per heavy atom. The van der Waals surface area contributed by atoms with Gasteiger partial charge in [0.05, 0.1) is 17.4 Å². The number of fused-ring (bicyclic) bond motifs is 1. The number of anilines is 1. The summed E-state index contributed by atoms with van der Waals surface area (Å²) in [5.74, 6) is -1.04. The zero-order valence-corrected chi connectivity index (χ0v) is 11.5. The molecule has 1 aromatic heterocycles. The predicted molar refractivity (Wildman–Crippen MR) is 79.9 cm³/mol. The highest BCUT2D eigenvalue weighted by Crippen LogP contribution is 2.28. The van der Waals surface area contributed by atoms with Gasteiger partial charge in [-0.3, -0.25) is 4.98 Å². The average Bonchev–Trinajstić information content (AvgIpc) is 2.48. The lowest BCUT2D eigenvalue weighted by atomic mass is 10.0. The molecule has 1 fully saturated rings. The third kappa shape index (κ3) is 2.75. The van der Waals surface area contributed by atoms with Crippen LogP contribution in [0.5, 0.6) is 5.75 Å². The first-order valence-electron chi connectivity index (χ1n) is 6.97. The lowest BCUT2D eigenvalue weighted by Crippen LogP contribution is -2.35. The third-order valence-corrected chi connectivity index (χ3v) is 3.77. The van der Waals surface area contributed by atoms with Gasteiger partial charge in [-0.15, -0.1) is 0 Å². The maximum atomic E-state index is 11.3. The summed E-state index contributed by atoms with van der Waals surface area (Å²) in [7, 11) is 0. The molecule has 1 aliphatic heterocycles. The molecule has 6 nitrogen and oxygen atoms in total. The van der Waals surface area contributed by atoms with E-state index in [9.17, 15) is 15.0 Å². The summed E-state index contributed by atoms with van der Waals surface area (Å²) in [6.07, 6.45) is 3.67. The van der Waals surface area contributed by atoms with Gasteiger partial charge in [0, 0.05) is 11.4 Å². The molecule has 0 radical (unpaired) electrons. The van der Waals surface area contributed by atoms with Gasteiger partial charge < -0.3 is 20.8 Å². The molecular formula is C15H17N3O3. The van der Waals surface area contributed by atoms with Crippen molar-refractivity contribution in [1.29, 1.82) is 0 Å². The largest absolute Gasteiger partial charge is 0.506 e. The monoisotopic (exact) mass is 287 g/mol. The van der Waals surface area contributed by atoms with Gasteiger partial charge in [0.1, 0.15) is 11.3 Å². The van der Waals surface area contributed by atoms with E-state index in [1.165, 1.54) is 12.1 Å². The maximum absolute atomic E-state index is 11.3. The van der Waals surface area contributed by atoms with E-state index in [0.717, 1.165) is 31.6 Å². The second kappa shape index (κ2) is 5.57. The number of phenolic OH excluding ortho intramolecular Hbond substituents is 1. The second-order valence-corrected chi connectivity index (χ2v) is 5.23. The minimum Gasteiger partial charge on any atom is -0.506 e. The van der Waals surface area contributed by atoms with Crippen LogP contribution >= 0.6 is 0 Å². The number of hydrogen-bond donors (Lipinski definition) is 4. The fraction of sp³-hybridized carbons (Fsp3) is 0.333. The summed E-state index contributed by atoms with van der Waals surface area (Å²) in [5, 5.41) is 26.2. The van der Waals surface area contributed by atoms with Crippen molar-refractivity contribution < 1.29 is 15.0 Å². The number of carboxylic acids is 1. The molecule has 6 heteroatoms. The van der Waals surface area contributed by atoms with Gasteiger partial charge in [0.25, 0.3) is 0 Å². The molecule has 1 saturated heterocycles. The average molecular weight is 287 g/mol. The zero-order valence-electron chi connectivity index (χ0n) is 11.5. The minimum atomic E-state index is -1.03. The molecule has 0 atom stereocenters. The predicted octanol–water partition coefficient (Wildman–Crippen LogP) is 1.80. The van der Waals surface area contributed by atoms with Gasteiger partial charge in [-0.2, -0.15) is 0 Å². The van der Waals surface area contributed by atoms with Crippen molar-refractivity contribution in [3.8, 4) is 5.75 Å². The first-order valence-corrected chi connectivity index (χ1v) is 6.97. The molecule has 0 saturated carbocycles. The molecule has 0 spiro atoms. The maximum Gasteiger partial charge on any atom is 0.336 e. The van der Waals surface area contributed by atoms with Crippen LogP contribution in [0.3, 0.4) is 0 Å². The molecular weight excluding hydrogens is 270 g/mol. The van der Waals surface area contributed by atoms with Crippen molar-refractivity contribution in [3.63, 3.8) is 0 Å². The van der Waals surface area contributed by atoms with Crippen LogP contribution in [0, 0.1) is 0 Å². The first kappa shape index (κ1) is 13.6. The van der Waals surface area contributed by atoms with E-state index in [-0.39, 0.29) is 11.3 Å². The number of piperidine rings is 1. The van der Waals surface area contributed by atoms with Crippen LogP contribution in [0.2, 0.25) is 0 Å². The van der Waals surface area contributed by atoms with Crippen molar-refractivity contribution >= 4 is 22.6 Å². The van der Waals surface area contributed by atoms with Crippen LogP contribution in [-0.4, -0.2) is 40.3 Å². The molecule has 1 aliphatic rings. The Balaban J connectivity index is 1.97. The Labute approximate surface area is 121 Å². The molecule has 4 N–H and O–H groups in total. The number of hydrogen-bond acceptors (Lipinski definition) is 5. The van der Waals surface area contributed by atoms with Gasteiger partial charge in [-0.05, 0) is 44.1 Å². The Morgan fingerprint density at radius 2 is 2.10 bits per heavy atom. The quantitative estimate of drug-likeness (QED) is 0.687. The lowest BCUT2D eigenvalue weighted by Gasteiger charge is -2.24. The molecule has 110 valence electrons. The van der Waals surface area contributed by atoms with Gasteiger partial charge >= 0.3 is 5.97 Å².